The zero-order valence-electron chi connectivity index (χ0n) is 12.6. The fraction of sp³-hybridized carbons (Fsp3) is 0.312. The van der Waals surface area contributed by atoms with Gasteiger partial charge in [0.1, 0.15) is 5.01 Å². The summed E-state index contributed by atoms with van der Waals surface area (Å²) in [6.45, 7) is 4.18. The average Bonchev–Trinajstić information content (AvgIpc) is 3.17. The Balaban J connectivity index is 1.53. The summed E-state index contributed by atoms with van der Waals surface area (Å²) in [6, 6.07) is 10.2. The Morgan fingerprint density at radius 3 is 2.74 bits per heavy atom. The smallest absolute Gasteiger partial charge is 0.235 e. The molecule has 1 saturated heterocycles. The first-order valence-electron chi connectivity index (χ1n) is 7.63. The van der Waals surface area contributed by atoms with Gasteiger partial charge in [-0.05, 0) is 11.6 Å². The van der Waals surface area contributed by atoms with E-state index >= 15 is 0 Å². The minimum Gasteiger partial charge on any atom is -0.379 e. The fourth-order valence-electron chi connectivity index (χ4n) is 2.53. The van der Waals surface area contributed by atoms with Gasteiger partial charge >= 0.3 is 0 Å². The highest BCUT2D eigenvalue weighted by molar-refractivity contribution is 7.17. The Labute approximate surface area is 138 Å². The van der Waals surface area contributed by atoms with Crippen LogP contribution in [0.25, 0.3) is 17.1 Å². The van der Waals surface area contributed by atoms with Crippen LogP contribution in [-0.2, 0) is 11.3 Å². The molecule has 7 heteroatoms. The van der Waals surface area contributed by atoms with Gasteiger partial charge in [-0.15, -0.1) is 10.2 Å². The van der Waals surface area contributed by atoms with Crippen molar-refractivity contribution in [2.24, 2.45) is 0 Å². The van der Waals surface area contributed by atoms with Crippen LogP contribution in [0.5, 0.6) is 0 Å². The molecule has 0 unspecified atom stereocenters. The van der Waals surface area contributed by atoms with E-state index in [-0.39, 0.29) is 0 Å². The van der Waals surface area contributed by atoms with Crippen LogP contribution in [-0.4, -0.2) is 51.0 Å². The molecular weight excluding hydrogens is 310 g/mol. The zero-order valence-corrected chi connectivity index (χ0v) is 13.4. The van der Waals surface area contributed by atoms with Crippen LogP contribution < -0.4 is 0 Å². The normalized spacial score (nSPS) is 16.5. The summed E-state index contributed by atoms with van der Waals surface area (Å²) < 4.78 is 7.23. The monoisotopic (exact) mass is 327 g/mol. The van der Waals surface area contributed by atoms with Crippen molar-refractivity contribution in [2.75, 3.05) is 26.3 Å². The van der Waals surface area contributed by atoms with Crippen LogP contribution in [0.4, 0.5) is 0 Å². The number of nitrogens with zero attached hydrogens (tertiary/aromatic N) is 5. The van der Waals surface area contributed by atoms with E-state index < -0.39 is 0 Å². The first-order valence-corrected chi connectivity index (χ1v) is 8.44. The van der Waals surface area contributed by atoms with Gasteiger partial charge in [0.25, 0.3) is 0 Å². The second kappa shape index (κ2) is 6.57. The molecule has 0 saturated carbocycles. The molecule has 0 bridgehead atoms. The predicted octanol–water partition coefficient (Wildman–Crippen LogP) is 2.19. The van der Waals surface area contributed by atoms with Crippen LogP contribution in [0.1, 0.15) is 16.4 Å². The number of aromatic nitrogens is 4. The molecule has 1 aliphatic heterocycles. The topological polar surface area (TPSA) is 55.5 Å². The second-order valence-electron chi connectivity index (χ2n) is 5.38. The van der Waals surface area contributed by atoms with Crippen LogP contribution in [0.2, 0.25) is 0 Å². The van der Waals surface area contributed by atoms with Crippen molar-refractivity contribution in [2.45, 2.75) is 6.54 Å². The van der Waals surface area contributed by atoms with Crippen molar-refractivity contribution in [1.29, 1.82) is 0 Å². The molecule has 0 atom stereocenters. The molecule has 2 aromatic heterocycles. The van der Waals surface area contributed by atoms with Crippen molar-refractivity contribution < 1.29 is 4.74 Å². The lowest BCUT2D eigenvalue weighted by atomic mass is 10.2. The number of hydrogen-bond donors (Lipinski definition) is 0. The van der Waals surface area contributed by atoms with E-state index in [2.05, 4.69) is 38.4 Å². The highest BCUT2D eigenvalue weighted by atomic mass is 32.1. The number of fused-ring (bicyclic) bond motifs is 1. The van der Waals surface area contributed by atoms with Crippen molar-refractivity contribution in [3.63, 3.8) is 0 Å². The molecule has 1 aromatic carbocycles. The molecule has 3 heterocycles. The van der Waals surface area contributed by atoms with Gasteiger partial charge in [-0.2, -0.15) is 9.61 Å². The molecule has 3 aromatic rings. The maximum atomic E-state index is 5.38. The van der Waals surface area contributed by atoms with Gasteiger partial charge in [0, 0.05) is 13.1 Å². The molecule has 118 valence electrons. The number of hydrogen-bond acceptors (Lipinski definition) is 6. The summed E-state index contributed by atoms with van der Waals surface area (Å²) in [5, 5.41) is 14.1. The molecule has 0 N–H and O–H groups in total. The molecule has 1 aliphatic rings. The highest BCUT2D eigenvalue weighted by Crippen LogP contribution is 2.17. The van der Waals surface area contributed by atoms with Gasteiger partial charge in [0.05, 0.1) is 19.8 Å². The summed E-state index contributed by atoms with van der Waals surface area (Å²) in [6.07, 6.45) is 4.08. The summed E-state index contributed by atoms with van der Waals surface area (Å²) in [4.78, 5) is 3.15. The predicted molar refractivity (Wildman–Crippen MR) is 90.1 cm³/mol. The van der Waals surface area contributed by atoms with Crippen LogP contribution in [0.15, 0.2) is 30.3 Å². The molecular formula is C16H17N5OS. The van der Waals surface area contributed by atoms with Crippen LogP contribution in [0.3, 0.4) is 0 Å². The molecule has 0 spiro atoms. The zero-order chi connectivity index (χ0) is 15.5. The van der Waals surface area contributed by atoms with Gasteiger partial charge in [-0.3, -0.25) is 4.90 Å². The maximum absolute atomic E-state index is 5.38. The van der Waals surface area contributed by atoms with E-state index in [1.165, 1.54) is 0 Å². The van der Waals surface area contributed by atoms with E-state index in [4.69, 9.17) is 4.74 Å². The third-order valence-corrected chi connectivity index (χ3v) is 4.62. The van der Waals surface area contributed by atoms with E-state index in [1.54, 1.807) is 11.3 Å². The van der Waals surface area contributed by atoms with Crippen molar-refractivity contribution in [1.82, 2.24) is 24.7 Å². The standard InChI is InChI=1S/C16H17N5OS/c1-2-4-13(5-3-1)6-7-15-19-21-14(17-18-16(21)23-15)12-20-8-10-22-11-9-20/h1-7H,8-12H2/b7-6-. The highest BCUT2D eigenvalue weighted by Gasteiger charge is 2.16. The minimum absolute atomic E-state index is 0.760. The van der Waals surface area contributed by atoms with Gasteiger partial charge in [-0.1, -0.05) is 47.7 Å². The quantitative estimate of drug-likeness (QED) is 0.735. The minimum atomic E-state index is 0.760. The largest absolute Gasteiger partial charge is 0.379 e. The summed E-state index contributed by atoms with van der Waals surface area (Å²) in [7, 11) is 0. The molecule has 0 radical (unpaired) electrons. The molecule has 0 amide bonds. The average molecular weight is 327 g/mol. The molecule has 6 nitrogen and oxygen atoms in total. The number of rotatable bonds is 4. The van der Waals surface area contributed by atoms with E-state index in [0.29, 0.717) is 0 Å². The summed E-state index contributed by atoms with van der Waals surface area (Å²) >= 11 is 1.55. The Kier molecular flexibility index (Phi) is 4.14. The van der Waals surface area contributed by atoms with Gasteiger partial charge in [-0.25, -0.2) is 0 Å². The second-order valence-corrected chi connectivity index (χ2v) is 6.37. The van der Waals surface area contributed by atoms with Gasteiger partial charge in [0.15, 0.2) is 5.82 Å². The lowest BCUT2D eigenvalue weighted by Crippen LogP contribution is -2.36. The number of benzene rings is 1. The Hall–Kier alpha value is -2.09. The van der Waals surface area contributed by atoms with E-state index in [1.807, 2.05) is 28.8 Å². The van der Waals surface area contributed by atoms with E-state index in [0.717, 1.165) is 54.2 Å². The molecule has 0 aliphatic carbocycles. The fourth-order valence-corrected chi connectivity index (χ4v) is 3.29. The van der Waals surface area contributed by atoms with Crippen LogP contribution >= 0.6 is 11.3 Å². The first kappa shape index (κ1) is 14.5. The lowest BCUT2D eigenvalue weighted by Gasteiger charge is -2.25. The Morgan fingerprint density at radius 2 is 1.91 bits per heavy atom. The first-order chi connectivity index (χ1) is 11.4. The lowest BCUT2D eigenvalue weighted by molar-refractivity contribution is 0.0328. The van der Waals surface area contributed by atoms with Crippen molar-refractivity contribution in [3.8, 4) is 0 Å². The molecule has 23 heavy (non-hydrogen) atoms. The van der Waals surface area contributed by atoms with Gasteiger partial charge in [0.2, 0.25) is 4.96 Å². The Bertz CT molecular complexity index is 804. The Morgan fingerprint density at radius 1 is 1.09 bits per heavy atom. The molecule has 1 fully saturated rings. The van der Waals surface area contributed by atoms with E-state index in [9.17, 15) is 0 Å². The third-order valence-electron chi connectivity index (χ3n) is 3.76. The van der Waals surface area contributed by atoms with Gasteiger partial charge < -0.3 is 4.74 Å². The van der Waals surface area contributed by atoms with Crippen molar-refractivity contribution in [3.05, 3.63) is 46.7 Å². The SMILES string of the molecule is C(=C/c1nn2c(CN3CCOCC3)nnc2s1)/c1ccccc1. The number of ether oxygens (including phenoxy) is 1. The third kappa shape index (κ3) is 3.31. The maximum Gasteiger partial charge on any atom is 0.235 e. The van der Waals surface area contributed by atoms with Crippen molar-refractivity contribution >= 4 is 28.4 Å². The molecule has 4 rings (SSSR count). The summed E-state index contributed by atoms with van der Waals surface area (Å²) in [5.74, 6) is 0.887. The number of morpholine rings is 1. The summed E-state index contributed by atoms with van der Waals surface area (Å²) in [5.41, 5.74) is 1.16. The van der Waals surface area contributed by atoms with Crippen LogP contribution in [0, 0.1) is 0 Å².